The van der Waals surface area contributed by atoms with Gasteiger partial charge in [-0.2, -0.15) is 0 Å². The van der Waals surface area contributed by atoms with E-state index < -0.39 is 0 Å². The van der Waals surface area contributed by atoms with E-state index in [9.17, 15) is 9.59 Å². The molecule has 7 nitrogen and oxygen atoms in total. The third-order valence-corrected chi connectivity index (χ3v) is 5.70. The van der Waals surface area contributed by atoms with Gasteiger partial charge < -0.3 is 15.1 Å². The third kappa shape index (κ3) is 7.95. The van der Waals surface area contributed by atoms with Crippen LogP contribution < -0.4 is 10.2 Å². The zero-order valence-electron chi connectivity index (χ0n) is 18.9. The lowest BCUT2D eigenvalue weighted by Gasteiger charge is -2.41. The Morgan fingerprint density at radius 2 is 2.00 bits per heavy atom. The second kappa shape index (κ2) is 10.7. The van der Waals surface area contributed by atoms with Crippen molar-refractivity contribution in [1.29, 1.82) is 0 Å². The van der Waals surface area contributed by atoms with Crippen LogP contribution in [0, 0.1) is 11.3 Å². The first kappa shape index (κ1) is 24.7. The highest BCUT2D eigenvalue weighted by Crippen LogP contribution is 2.26. The maximum Gasteiger partial charge on any atom is 0.230 e. The molecule has 1 unspecified atom stereocenters. The van der Waals surface area contributed by atoms with Crippen molar-refractivity contribution in [2.75, 3.05) is 36.8 Å². The SMILES string of the molecule is CC(C)CNC(=O)CSc1nc(Cl)cc(N2CCN(C(=O)CC(C)(C)C)C(C)C2)n1. The first-order valence-electron chi connectivity index (χ1n) is 10.4. The summed E-state index contributed by atoms with van der Waals surface area (Å²) in [5.74, 6) is 1.54. The summed E-state index contributed by atoms with van der Waals surface area (Å²) < 4.78 is 0. The molecule has 1 aromatic rings. The van der Waals surface area contributed by atoms with Crippen LogP contribution in [0.4, 0.5) is 5.82 Å². The van der Waals surface area contributed by atoms with Gasteiger partial charge in [-0.3, -0.25) is 9.59 Å². The highest BCUT2D eigenvalue weighted by atomic mass is 35.5. The van der Waals surface area contributed by atoms with Gasteiger partial charge in [0.25, 0.3) is 0 Å². The summed E-state index contributed by atoms with van der Waals surface area (Å²) in [4.78, 5) is 37.5. The molecule has 0 aliphatic carbocycles. The fourth-order valence-corrected chi connectivity index (χ4v) is 4.11. The predicted octanol–water partition coefficient (Wildman–Crippen LogP) is 3.47. The molecule has 2 rings (SSSR count). The van der Waals surface area contributed by atoms with E-state index in [4.69, 9.17) is 11.6 Å². The Bertz CT molecular complexity index is 753. The number of amides is 2. The number of piperazine rings is 1. The van der Waals surface area contributed by atoms with Crippen LogP contribution in [0.2, 0.25) is 5.15 Å². The first-order valence-corrected chi connectivity index (χ1v) is 11.8. The number of halogens is 1. The van der Waals surface area contributed by atoms with E-state index in [-0.39, 0.29) is 29.0 Å². The fraction of sp³-hybridized carbons (Fsp3) is 0.714. The molecule has 1 fully saturated rings. The van der Waals surface area contributed by atoms with Crippen molar-refractivity contribution in [3.8, 4) is 0 Å². The molecule has 0 aromatic carbocycles. The van der Waals surface area contributed by atoms with E-state index >= 15 is 0 Å². The summed E-state index contributed by atoms with van der Waals surface area (Å²) in [6.45, 7) is 15.1. The van der Waals surface area contributed by atoms with Gasteiger partial charge in [-0.1, -0.05) is 58.0 Å². The molecule has 2 amide bonds. The van der Waals surface area contributed by atoms with E-state index in [0.29, 0.717) is 48.8 Å². The summed E-state index contributed by atoms with van der Waals surface area (Å²) in [7, 11) is 0. The standard InChI is InChI=1S/C21H34ClN5O2S/c1-14(2)11-23-18(28)13-30-20-24-16(22)9-17(25-20)26-7-8-27(15(3)12-26)19(29)10-21(4,5)6/h9,14-15H,7-8,10-13H2,1-6H3,(H,23,28). The molecule has 168 valence electrons. The molecule has 0 saturated carbocycles. The molecule has 1 aliphatic heterocycles. The van der Waals surface area contributed by atoms with E-state index in [0.717, 1.165) is 5.82 Å². The number of thioether (sulfide) groups is 1. The van der Waals surface area contributed by atoms with Crippen LogP contribution in [0.15, 0.2) is 11.2 Å². The van der Waals surface area contributed by atoms with Crippen LogP contribution in [-0.4, -0.2) is 64.7 Å². The quantitative estimate of drug-likeness (QED) is 0.385. The lowest BCUT2D eigenvalue weighted by Crippen LogP contribution is -2.54. The first-order chi connectivity index (χ1) is 13.9. The van der Waals surface area contributed by atoms with Crippen molar-refractivity contribution in [1.82, 2.24) is 20.2 Å². The van der Waals surface area contributed by atoms with E-state index in [1.54, 1.807) is 6.07 Å². The number of rotatable bonds is 7. The summed E-state index contributed by atoms with van der Waals surface area (Å²) in [6, 6.07) is 1.82. The van der Waals surface area contributed by atoms with Crippen LogP contribution in [0.1, 0.15) is 48.0 Å². The van der Waals surface area contributed by atoms with Crippen molar-refractivity contribution in [3.05, 3.63) is 11.2 Å². The maximum atomic E-state index is 12.6. The fourth-order valence-electron chi connectivity index (χ4n) is 3.20. The molecule has 2 heterocycles. The topological polar surface area (TPSA) is 78.4 Å². The van der Waals surface area contributed by atoms with Gasteiger partial charge in [0.05, 0.1) is 5.75 Å². The molecule has 1 N–H and O–H groups in total. The number of aromatic nitrogens is 2. The Labute approximate surface area is 189 Å². The highest BCUT2D eigenvalue weighted by molar-refractivity contribution is 7.99. The van der Waals surface area contributed by atoms with Gasteiger partial charge in [0.1, 0.15) is 11.0 Å². The molecule has 30 heavy (non-hydrogen) atoms. The zero-order chi connectivity index (χ0) is 22.5. The molecule has 9 heteroatoms. The minimum absolute atomic E-state index is 0.0261. The van der Waals surface area contributed by atoms with Gasteiger partial charge in [0, 0.05) is 44.7 Å². The number of carbonyl (C=O) groups is 2. The Morgan fingerprint density at radius 3 is 2.60 bits per heavy atom. The molecule has 1 aliphatic rings. The van der Waals surface area contributed by atoms with Gasteiger partial charge in [-0.25, -0.2) is 9.97 Å². The molecule has 1 atom stereocenters. The molecule has 0 bridgehead atoms. The summed E-state index contributed by atoms with van der Waals surface area (Å²) in [5.41, 5.74) is -0.0261. The Balaban J connectivity index is 1.98. The van der Waals surface area contributed by atoms with Gasteiger partial charge in [-0.15, -0.1) is 0 Å². The van der Waals surface area contributed by atoms with Crippen LogP contribution in [0.25, 0.3) is 0 Å². The number of hydrogen-bond acceptors (Lipinski definition) is 6. The Morgan fingerprint density at radius 1 is 1.30 bits per heavy atom. The molecule has 0 radical (unpaired) electrons. The van der Waals surface area contributed by atoms with Crippen LogP contribution in [0.3, 0.4) is 0 Å². The van der Waals surface area contributed by atoms with E-state index in [2.05, 4.69) is 61.7 Å². The van der Waals surface area contributed by atoms with Gasteiger partial charge in [0.15, 0.2) is 5.16 Å². The van der Waals surface area contributed by atoms with Crippen molar-refractivity contribution in [2.24, 2.45) is 11.3 Å². The minimum atomic E-state index is -0.0431. The average molecular weight is 456 g/mol. The van der Waals surface area contributed by atoms with Crippen LogP contribution >= 0.6 is 23.4 Å². The second-order valence-electron chi connectivity index (χ2n) is 9.44. The van der Waals surface area contributed by atoms with Gasteiger partial charge in [0.2, 0.25) is 11.8 Å². The predicted molar refractivity (Wildman–Crippen MR) is 123 cm³/mol. The van der Waals surface area contributed by atoms with E-state index in [1.165, 1.54) is 11.8 Å². The van der Waals surface area contributed by atoms with Gasteiger partial charge in [-0.05, 0) is 18.3 Å². The average Bonchev–Trinajstić information content (AvgIpc) is 2.62. The largest absolute Gasteiger partial charge is 0.355 e. The lowest BCUT2D eigenvalue weighted by molar-refractivity contribution is -0.135. The van der Waals surface area contributed by atoms with Crippen molar-refractivity contribution in [3.63, 3.8) is 0 Å². The number of anilines is 1. The lowest BCUT2D eigenvalue weighted by atomic mass is 9.91. The number of carbonyl (C=O) groups excluding carboxylic acids is 2. The Kier molecular flexibility index (Phi) is 8.79. The zero-order valence-corrected chi connectivity index (χ0v) is 20.4. The minimum Gasteiger partial charge on any atom is -0.355 e. The monoisotopic (exact) mass is 455 g/mol. The Hall–Kier alpha value is -1.54. The van der Waals surface area contributed by atoms with Gasteiger partial charge >= 0.3 is 0 Å². The molecular formula is C21H34ClN5O2S. The normalized spacial score (nSPS) is 17.4. The number of nitrogens with zero attached hydrogens (tertiary/aromatic N) is 4. The molecular weight excluding hydrogens is 422 g/mol. The maximum absolute atomic E-state index is 12.6. The number of hydrogen-bond donors (Lipinski definition) is 1. The summed E-state index contributed by atoms with van der Waals surface area (Å²) >= 11 is 7.49. The smallest absolute Gasteiger partial charge is 0.230 e. The van der Waals surface area contributed by atoms with E-state index in [1.807, 2.05) is 4.90 Å². The van der Waals surface area contributed by atoms with Crippen LogP contribution in [-0.2, 0) is 9.59 Å². The van der Waals surface area contributed by atoms with Crippen molar-refractivity contribution in [2.45, 2.75) is 59.2 Å². The summed E-state index contributed by atoms with van der Waals surface area (Å²) in [5, 5.41) is 3.72. The molecule has 0 spiro atoms. The highest BCUT2D eigenvalue weighted by Gasteiger charge is 2.30. The second-order valence-corrected chi connectivity index (χ2v) is 10.8. The molecule has 1 saturated heterocycles. The van der Waals surface area contributed by atoms with Crippen molar-refractivity contribution >= 4 is 41.0 Å². The number of nitrogens with one attached hydrogen (secondary N) is 1. The molecule has 1 aromatic heterocycles. The van der Waals surface area contributed by atoms with Crippen LogP contribution in [0.5, 0.6) is 0 Å². The third-order valence-electron chi connectivity index (χ3n) is 4.65. The van der Waals surface area contributed by atoms with Crippen molar-refractivity contribution < 1.29 is 9.59 Å². The summed E-state index contributed by atoms with van der Waals surface area (Å²) in [6.07, 6.45) is 0.538.